The average Bonchev–Trinajstić information content (AvgIpc) is 2.87. The Morgan fingerprint density at radius 1 is 1.17 bits per heavy atom. The van der Waals surface area contributed by atoms with Crippen LogP contribution in [0.2, 0.25) is 5.02 Å². The molecular weight excluding hydrogens is 628 g/mol. The maximum Gasteiger partial charge on any atom is 0.414 e. The standard InChI is InChI=1S/C23H23ClF2N4O10P2/c1-8(2)10-3-11-17(15(24)16(10)29-5-9(31)6-29)30(7-12(18(11)32)21(33)34)20-14(26)4-13(25)19(27-20)28-22(35)40-23(41(36)37)42(38)39/h3-4,7-9,23,31,41-42H,5-6H2,1-2H3,(H,33,34)(H,36,37)(H,38,39)(H,27,28,35). The van der Waals surface area contributed by atoms with Gasteiger partial charge in [-0.15, -0.1) is 0 Å². The number of carbonyl (C=O) groups excluding carboxylic acids is 1. The minimum absolute atomic E-state index is 0.124. The van der Waals surface area contributed by atoms with Gasteiger partial charge in [0.05, 0.1) is 22.3 Å². The second kappa shape index (κ2) is 12.1. The third kappa shape index (κ3) is 5.91. The molecule has 226 valence electrons. The van der Waals surface area contributed by atoms with Gasteiger partial charge in [0.25, 0.3) is 0 Å². The number of carbonyl (C=O) groups is 2. The molecule has 2 aromatic heterocycles. The molecule has 1 aliphatic rings. The minimum Gasteiger partial charge on any atom is -0.477 e. The van der Waals surface area contributed by atoms with E-state index in [0.717, 1.165) is 10.8 Å². The molecule has 3 aromatic rings. The number of aliphatic hydroxyl groups excluding tert-OH is 1. The zero-order valence-electron chi connectivity index (χ0n) is 21.6. The molecule has 1 fully saturated rings. The van der Waals surface area contributed by atoms with Gasteiger partial charge in [-0.2, -0.15) is 0 Å². The minimum atomic E-state index is -3.84. The molecule has 0 aliphatic carbocycles. The largest absolute Gasteiger partial charge is 0.477 e. The lowest BCUT2D eigenvalue weighted by molar-refractivity contribution is 0.0695. The van der Waals surface area contributed by atoms with Gasteiger partial charge in [-0.3, -0.25) is 23.8 Å². The highest BCUT2D eigenvalue weighted by atomic mass is 35.5. The molecule has 42 heavy (non-hydrogen) atoms. The summed E-state index contributed by atoms with van der Waals surface area (Å²) in [5.41, 5.74) is -3.36. The molecule has 0 bridgehead atoms. The van der Waals surface area contributed by atoms with Gasteiger partial charge in [-0.05, 0) is 17.5 Å². The van der Waals surface area contributed by atoms with Crippen molar-refractivity contribution in [3.05, 3.63) is 56.3 Å². The summed E-state index contributed by atoms with van der Waals surface area (Å²) in [6.45, 7) is 3.95. The van der Waals surface area contributed by atoms with E-state index in [1.165, 1.54) is 6.07 Å². The number of β-amino-alcohol motifs (C(OH)–C–C–N with tert-alkyl or cyclic N) is 1. The molecule has 1 amide bonds. The van der Waals surface area contributed by atoms with Gasteiger partial charge in [0.1, 0.15) is 5.56 Å². The molecule has 19 heteroatoms. The number of halogens is 3. The second-order valence-corrected chi connectivity index (χ2v) is 12.9. The van der Waals surface area contributed by atoms with E-state index in [0.29, 0.717) is 11.3 Å². The number of anilines is 2. The third-order valence-corrected chi connectivity index (χ3v) is 9.27. The van der Waals surface area contributed by atoms with Crippen LogP contribution >= 0.6 is 27.7 Å². The number of pyridine rings is 2. The molecule has 0 radical (unpaired) electrons. The summed E-state index contributed by atoms with van der Waals surface area (Å²) in [6, 6.07) is 1.66. The lowest BCUT2D eigenvalue weighted by Gasteiger charge is -2.40. The van der Waals surface area contributed by atoms with Crippen molar-refractivity contribution in [1.82, 2.24) is 9.55 Å². The van der Waals surface area contributed by atoms with Gasteiger partial charge in [0, 0.05) is 30.7 Å². The predicted molar refractivity (Wildman–Crippen MR) is 148 cm³/mol. The van der Waals surface area contributed by atoms with Crippen LogP contribution in [0.25, 0.3) is 16.7 Å². The van der Waals surface area contributed by atoms with Crippen molar-refractivity contribution < 1.29 is 52.2 Å². The Morgan fingerprint density at radius 2 is 1.79 bits per heavy atom. The van der Waals surface area contributed by atoms with Gasteiger partial charge in [-0.25, -0.2) is 23.4 Å². The van der Waals surface area contributed by atoms with Crippen LogP contribution in [-0.4, -0.2) is 66.4 Å². The summed E-state index contributed by atoms with van der Waals surface area (Å²) < 4.78 is 57.6. The number of aromatic nitrogens is 2. The number of hydrogen-bond donors (Lipinski definition) is 5. The van der Waals surface area contributed by atoms with Crippen molar-refractivity contribution >= 4 is 62.1 Å². The first-order valence-corrected chi connectivity index (χ1v) is 15.2. The summed E-state index contributed by atoms with van der Waals surface area (Å²) in [5.74, 6) is -6.61. The van der Waals surface area contributed by atoms with Gasteiger partial charge in [-0.1, -0.05) is 25.4 Å². The van der Waals surface area contributed by atoms with Crippen LogP contribution in [0, 0.1) is 11.6 Å². The van der Waals surface area contributed by atoms with E-state index in [9.17, 15) is 38.1 Å². The molecule has 4 rings (SSSR count). The molecule has 2 atom stereocenters. The van der Waals surface area contributed by atoms with Crippen molar-refractivity contribution in [1.29, 1.82) is 0 Å². The van der Waals surface area contributed by atoms with E-state index in [4.69, 9.17) is 21.4 Å². The highest BCUT2D eigenvalue weighted by molar-refractivity contribution is 7.57. The number of hydrogen-bond acceptors (Lipinski definition) is 9. The van der Waals surface area contributed by atoms with E-state index in [1.54, 1.807) is 24.1 Å². The van der Waals surface area contributed by atoms with Crippen LogP contribution in [0.3, 0.4) is 0 Å². The number of nitrogens with zero attached hydrogens (tertiary/aromatic N) is 3. The van der Waals surface area contributed by atoms with Crippen molar-refractivity contribution in [2.75, 3.05) is 23.3 Å². The molecule has 5 N–H and O–H groups in total. The summed E-state index contributed by atoms with van der Waals surface area (Å²) in [4.78, 5) is 61.0. The van der Waals surface area contributed by atoms with E-state index < -0.39 is 74.1 Å². The predicted octanol–water partition coefficient (Wildman–Crippen LogP) is 3.09. The van der Waals surface area contributed by atoms with Crippen LogP contribution in [0.4, 0.5) is 25.1 Å². The van der Waals surface area contributed by atoms with Crippen LogP contribution in [0.1, 0.15) is 35.7 Å². The molecule has 1 aromatic carbocycles. The summed E-state index contributed by atoms with van der Waals surface area (Å²) in [5, 5.41) is 20.9. The summed E-state index contributed by atoms with van der Waals surface area (Å²) in [6.07, 6.45) is -1.62. The number of aromatic carboxylic acids is 1. The Hall–Kier alpha value is -3.39. The quantitative estimate of drug-likeness (QED) is 0.223. The fourth-order valence-corrected chi connectivity index (χ4v) is 6.01. The highest BCUT2D eigenvalue weighted by Gasteiger charge is 2.32. The molecule has 3 heterocycles. The Morgan fingerprint density at radius 3 is 2.31 bits per heavy atom. The lowest BCUT2D eigenvalue weighted by atomic mass is 9.95. The zero-order chi connectivity index (χ0) is 31.2. The molecule has 0 spiro atoms. The number of ether oxygens (including phenoxy) is 1. The number of aliphatic hydroxyl groups is 1. The monoisotopic (exact) mass is 650 g/mol. The fraction of sp³-hybridized carbons (Fsp3) is 0.304. The molecule has 14 nitrogen and oxygen atoms in total. The van der Waals surface area contributed by atoms with E-state index in [-0.39, 0.29) is 41.0 Å². The maximum atomic E-state index is 15.2. The Bertz CT molecular complexity index is 1720. The van der Waals surface area contributed by atoms with Gasteiger partial charge >= 0.3 is 12.1 Å². The van der Waals surface area contributed by atoms with Crippen molar-refractivity contribution in [2.24, 2.45) is 0 Å². The zero-order valence-corrected chi connectivity index (χ0v) is 24.3. The first kappa shape index (κ1) is 31.5. The Balaban J connectivity index is 1.96. The number of fused-ring (bicyclic) bond motifs is 1. The first-order valence-electron chi connectivity index (χ1n) is 12.0. The summed E-state index contributed by atoms with van der Waals surface area (Å²) in [7, 11) is -7.68. The van der Waals surface area contributed by atoms with Crippen LogP contribution in [0.15, 0.2) is 23.1 Å². The van der Waals surface area contributed by atoms with Gasteiger partial charge in [0.15, 0.2) is 23.3 Å². The lowest BCUT2D eigenvalue weighted by Crippen LogP contribution is -2.51. The Kier molecular flexibility index (Phi) is 9.07. The van der Waals surface area contributed by atoms with Crippen LogP contribution in [-0.2, 0) is 13.9 Å². The number of benzene rings is 1. The molecule has 0 saturated carbocycles. The first-order chi connectivity index (χ1) is 19.6. The molecule has 2 unspecified atom stereocenters. The number of rotatable bonds is 8. The van der Waals surface area contributed by atoms with E-state index >= 15 is 4.39 Å². The number of carboxylic acids is 1. The topological polar surface area (TPSA) is 209 Å². The summed E-state index contributed by atoms with van der Waals surface area (Å²) >= 11 is 6.78. The van der Waals surface area contributed by atoms with Crippen molar-refractivity contribution in [3.8, 4) is 5.82 Å². The van der Waals surface area contributed by atoms with Gasteiger partial charge in [0.2, 0.25) is 27.1 Å². The maximum absolute atomic E-state index is 15.2. The average molecular weight is 651 g/mol. The van der Waals surface area contributed by atoms with Crippen molar-refractivity contribution in [2.45, 2.75) is 31.5 Å². The third-order valence-electron chi connectivity index (χ3n) is 6.30. The highest BCUT2D eigenvalue weighted by Crippen LogP contribution is 2.43. The molecule has 1 saturated heterocycles. The Labute approximate surface area is 240 Å². The molecular formula is C23H23ClF2N4O10P2. The molecule has 1 aliphatic heterocycles. The number of carboxylic acid groups (broad SMARTS) is 1. The van der Waals surface area contributed by atoms with Crippen LogP contribution in [0.5, 0.6) is 0 Å². The number of amides is 1. The van der Waals surface area contributed by atoms with Gasteiger partial charge < -0.3 is 29.6 Å². The van der Waals surface area contributed by atoms with E-state index in [2.05, 4.69) is 9.72 Å². The number of nitrogens with one attached hydrogen (secondary N) is 1. The smallest absolute Gasteiger partial charge is 0.414 e. The fourth-order valence-electron chi connectivity index (χ4n) is 4.33. The SMILES string of the molecule is CC(C)c1cc2c(=O)c(C(=O)O)cn(-c3nc(NC(=O)OC([PH](=O)O)[PH](=O)O)c(F)cc3F)c2c(Cl)c1N1CC(O)C1. The normalized spacial score (nSPS) is 15.8. The van der Waals surface area contributed by atoms with E-state index in [1.807, 2.05) is 0 Å². The second-order valence-electron chi connectivity index (χ2n) is 9.50. The van der Waals surface area contributed by atoms with Crippen molar-refractivity contribution in [3.63, 3.8) is 0 Å². The van der Waals surface area contributed by atoms with Crippen LogP contribution < -0.4 is 15.6 Å².